The third kappa shape index (κ3) is 3.71. The quantitative estimate of drug-likeness (QED) is 0.817. The van der Waals surface area contributed by atoms with Gasteiger partial charge in [-0.2, -0.15) is 0 Å². The van der Waals surface area contributed by atoms with Crippen molar-refractivity contribution in [1.29, 1.82) is 0 Å². The highest BCUT2D eigenvalue weighted by atomic mass is 35.5. The van der Waals surface area contributed by atoms with Crippen molar-refractivity contribution in [2.24, 2.45) is 0 Å². The van der Waals surface area contributed by atoms with E-state index in [4.69, 9.17) is 17.3 Å². The molecule has 0 radical (unpaired) electrons. The van der Waals surface area contributed by atoms with Gasteiger partial charge in [-0.15, -0.1) is 13.2 Å². The number of ether oxygens (including phenoxy) is 1. The van der Waals surface area contributed by atoms with E-state index in [1.54, 1.807) is 18.2 Å². The maximum absolute atomic E-state index is 12.0. The standard InChI is InChI=1S/C13H10ClF3N2O/c14-10-2-1-3-11(12(10)18)19-8-4-6-9(7-5-8)20-13(15,16)17/h1-7,19H,18H2. The lowest BCUT2D eigenvalue weighted by Gasteiger charge is -2.12. The van der Waals surface area contributed by atoms with Crippen LogP contribution in [0.5, 0.6) is 5.75 Å². The van der Waals surface area contributed by atoms with E-state index >= 15 is 0 Å². The molecule has 0 aromatic heterocycles. The van der Waals surface area contributed by atoms with Crippen LogP contribution in [0.4, 0.5) is 30.2 Å². The van der Waals surface area contributed by atoms with Crippen LogP contribution in [0.2, 0.25) is 5.02 Å². The second kappa shape index (κ2) is 5.50. The largest absolute Gasteiger partial charge is 0.573 e. The van der Waals surface area contributed by atoms with Gasteiger partial charge in [0.25, 0.3) is 0 Å². The molecule has 0 fully saturated rings. The normalized spacial score (nSPS) is 11.2. The Morgan fingerprint density at radius 2 is 1.70 bits per heavy atom. The molecule has 20 heavy (non-hydrogen) atoms. The number of nitrogen functional groups attached to an aromatic ring is 1. The number of anilines is 3. The number of hydrogen-bond acceptors (Lipinski definition) is 3. The fourth-order valence-electron chi connectivity index (χ4n) is 1.54. The Kier molecular flexibility index (Phi) is 3.94. The number of nitrogens with two attached hydrogens (primary N) is 1. The Hall–Kier alpha value is -2.08. The van der Waals surface area contributed by atoms with E-state index < -0.39 is 6.36 Å². The van der Waals surface area contributed by atoms with Gasteiger partial charge in [0.05, 0.1) is 16.4 Å². The maximum atomic E-state index is 12.0. The number of para-hydroxylation sites is 1. The first-order chi connectivity index (χ1) is 9.35. The molecule has 2 rings (SSSR count). The van der Waals surface area contributed by atoms with Crippen molar-refractivity contribution in [3.05, 3.63) is 47.5 Å². The minimum atomic E-state index is -4.70. The summed E-state index contributed by atoms with van der Waals surface area (Å²) in [7, 11) is 0. The molecule has 0 saturated carbocycles. The molecular formula is C13H10ClF3N2O. The van der Waals surface area contributed by atoms with Crippen LogP contribution in [0.1, 0.15) is 0 Å². The van der Waals surface area contributed by atoms with Crippen LogP contribution < -0.4 is 15.8 Å². The minimum Gasteiger partial charge on any atom is -0.406 e. The van der Waals surface area contributed by atoms with Crippen LogP contribution >= 0.6 is 11.6 Å². The van der Waals surface area contributed by atoms with E-state index in [9.17, 15) is 13.2 Å². The molecule has 0 unspecified atom stereocenters. The summed E-state index contributed by atoms with van der Waals surface area (Å²) < 4.78 is 39.8. The predicted octanol–water partition coefficient (Wildman–Crippen LogP) is 4.56. The zero-order valence-corrected chi connectivity index (χ0v) is 10.8. The van der Waals surface area contributed by atoms with Crippen LogP contribution in [0, 0.1) is 0 Å². The third-order valence-electron chi connectivity index (χ3n) is 2.42. The summed E-state index contributed by atoms with van der Waals surface area (Å²) in [4.78, 5) is 0. The zero-order valence-electron chi connectivity index (χ0n) is 10.0. The van der Waals surface area contributed by atoms with Gasteiger partial charge in [0.1, 0.15) is 5.75 Å². The van der Waals surface area contributed by atoms with Crippen LogP contribution in [-0.2, 0) is 0 Å². The van der Waals surface area contributed by atoms with Crippen molar-refractivity contribution in [3.63, 3.8) is 0 Å². The summed E-state index contributed by atoms with van der Waals surface area (Å²) >= 11 is 5.87. The lowest BCUT2D eigenvalue weighted by molar-refractivity contribution is -0.274. The second-order valence-corrected chi connectivity index (χ2v) is 4.31. The molecule has 0 saturated heterocycles. The van der Waals surface area contributed by atoms with E-state index in [-0.39, 0.29) is 5.75 Å². The van der Waals surface area contributed by atoms with Crippen molar-refractivity contribution in [2.75, 3.05) is 11.1 Å². The first-order valence-corrected chi connectivity index (χ1v) is 5.90. The molecule has 2 aromatic rings. The number of hydrogen-bond donors (Lipinski definition) is 2. The van der Waals surface area contributed by atoms with Crippen LogP contribution in [0.25, 0.3) is 0 Å². The summed E-state index contributed by atoms with van der Waals surface area (Å²) in [6.45, 7) is 0. The fraction of sp³-hybridized carbons (Fsp3) is 0.0769. The molecular weight excluding hydrogens is 293 g/mol. The van der Waals surface area contributed by atoms with Gasteiger partial charge in [-0.05, 0) is 36.4 Å². The van der Waals surface area contributed by atoms with Gasteiger partial charge >= 0.3 is 6.36 Å². The average molecular weight is 303 g/mol. The van der Waals surface area contributed by atoms with Crippen molar-refractivity contribution in [2.45, 2.75) is 6.36 Å². The molecule has 0 aliphatic carbocycles. The molecule has 3 N–H and O–H groups in total. The number of benzene rings is 2. The molecule has 0 heterocycles. The highest BCUT2D eigenvalue weighted by Gasteiger charge is 2.30. The number of nitrogens with one attached hydrogen (secondary N) is 1. The molecule has 3 nitrogen and oxygen atoms in total. The molecule has 0 amide bonds. The van der Waals surface area contributed by atoms with Gasteiger partial charge in [-0.25, -0.2) is 0 Å². The van der Waals surface area contributed by atoms with Gasteiger partial charge in [0.2, 0.25) is 0 Å². The molecule has 0 atom stereocenters. The van der Waals surface area contributed by atoms with E-state index in [1.807, 2.05) is 0 Å². The highest BCUT2D eigenvalue weighted by molar-refractivity contribution is 6.33. The smallest absolute Gasteiger partial charge is 0.406 e. The molecule has 0 aliphatic heterocycles. The minimum absolute atomic E-state index is 0.290. The predicted molar refractivity (Wildman–Crippen MR) is 72.3 cm³/mol. The van der Waals surface area contributed by atoms with Crippen LogP contribution in [-0.4, -0.2) is 6.36 Å². The maximum Gasteiger partial charge on any atom is 0.573 e. The van der Waals surface area contributed by atoms with Gasteiger partial charge in [-0.3, -0.25) is 0 Å². The van der Waals surface area contributed by atoms with E-state index in [1.165, 1.54) is 24.3 Å². The Morgan fingerprint density at radius 3 is 2.30 bits per heavy atom. The number of alkyl halides is 3. The summed E-state index contributed by atoms with van der Waals surface area (Å²) in [5.74, 6) is -0.290. The van der Waals surface area contributed by atoms with E-state index in [2.05, 4.69) is 10.1 Å². The fourth-order valence-corrected chi connectivity index (χ4v) is 1.72. The van der Waals surface area contributed by atoms with E-state index in [0.717, 1.165) is 0 Å². The van der Waals surface area contributed by atoms with Crippen LogP contribution in [0.15, 0.2) is 42.5 Å². The van der Waals surface area contributed by atoms with Crippen LogP contribution in [0.3, 0.4) is 0 Å². The highest BCUT2D eigenvalue weighted by Crippen LogP contribution is 2.30. The monoisotopic (exact) mass is 302 g/mol. The second-order valence-electron chi connectivity index (χ2n) is 3.90. The Morgan fingerprint density at radius 1 is 1.05 bits per heavy atom. The Balaban J connectivity index is 2.13. The summed E-state index contributed by atoms with van der Waals surface area (Å²) in [6.07, 6.45) is -4.70. The molecule has 2 aromatic carbocycles. The summed E-state index contributed by atoms with van der Waals surface area (Å²) in [5.41, 5.74) is 7.28. The van der Waals surface area contributed by atoms with Crippen molar-refractivity contribution in [1.82, 2.24) is 0 Å². The van der Waals surface area contributed by atoms with Crippen molar-refractivity contribution >= 4 is 28.7 Å². The molecule has 0 spiro atoms. The molecule has 0 aliphatic rings. The van der Waals surface area contributed by atoms with Gasteiger partial charge < -0.3 is 15.8 Å². The average Bonchev–Trinajstić information content (AvgIpc) is 2.35. The Bertz CT molecular complexity index is 600. The van der Waals surface area contributed by atoms with Crippen molar-refractivity contribution in [3.8, 4) is 5.75 Å². The first kappa shape index (κ1) is 14.3. The summed E-state index contributed by atoms with van der Waals surface area (Å²) in [5, 5.41) is 3.35. The topological polar surface area (TPSA) is 47.3 Å². The summed E-state index contributed by atoms with van der Waals surface area (Å²) in [6, 6.07) is 10.4. The van der Waals surface area contributed by atoms with Gasteiger partial charge in [-0.1, -0.05) is 17.7 Å². The molecule has 0 bridgehead atoms. The lowest BCUT2D eigenvalue weighted by atomic mass is 10.2. The first-order valence-electron chi connectivity index (χ1n) is 5.52. The zero-order chi connectivity index (χ0) is 14.8. The number of halogens is 4. The van der Waals surface area contributed by atoms with E-state index in [0.29, 0.717) is 22.1 Å². The third-order valence-corrected chi connectivity index (χ3v) is 2.75. The molecule has 7 heteroatoms. The van der Waals surface area contributed by atoms with Gasteiger partial charge in [0.15, 0.2) is 0 Å². The lowest BCUT2D eigenvalue weighted by Crippen LogP contribution is -2.16. The Labute approximate surface area is 118 Å². The molecule has 106 valence electrons. The SMILES string of the molecule is Nc1c(Cl)cccc1Nc1ccc(OC(F)(F)F)cc1. The number of rotatable bonds is 3. The van der Waals surface area contributed by atoms with Gasteiger partial charge in [0, 0.05) is 5.69 Å². The van der Waals surface area contributed by atoms with Crippen molar-refractivity contribution < 1.29 is 17.9 Å².